The molecule has 1 aliphatic carbocycles. The van der Waals surface area contributed by atoms with Crippen molar-refractivity contribution in [3.63, 3.8) is 0 Å². The van der Waals surface area contributed by atoms with Crippen LogP contribution < -0.4 is 11.1 Å². The van der Waals surface area contributed by atoms with Gasteiger partial charge in [0.1, 0.15) is 5.58 Å². The van der Waals surface area contributed by atoms with Crippen LogP contribution in [-0.4, -0.2) is 19.0 Å². The number of rotatable bonds is 4. The number of furan rings is 1. The topological polar surface area (TPSA) is 68.3 Å². The first-order valence-corrected chi connectivity index (χ1v) is 6.60. The summed E-state index contributed by atoms with van der Waals surface area (Å²) in [5.74, 6) is 0.210. The van der Waals surface area contributed by atoms with Gasteiger partial charge < -0.3 is 15.5 Å². The van der Waals surface area contributed by atoms with Gasteiger partial charge in [-0.1, -0.05) is 11.6 Å². The smallest absolute Gasteiger partial charge is 0.287 e. The first kappa shape index (κ1) is 12.2. The Bertz CT molecular complexity index is 626. The first-order valence-electron chi connectivity index (χ1n) is 6.60. The number of fused-ring (bicyclic) bond motifs is 1. The third-order valence-electron chi connectivity index (χ3n) is 3.91. The molecule has 0 bridgehead atoms. The van der Waals surface area contributed by atoms with Crippen molar-refractivity contribution in [2.45, 2.75) is 19.8 Å². The molecule has 3 rings (SSSR count). The quantitative estimate of drug-likeness (QED) is 0.883. The molecule has 4 nitrogen and oxygen atoms in total. The number of nitrogens with two attached hydrogens (primary N) is 1. The van der Waals surface area contributed by atoms with Gasteiger partial charge in [-0.05, 0) is 44.5 Å². The maximum absolute atomic E-state index is 12.0. The summed E-state index contributed by atoms with van der Waals surface area (Å²) >= 11 is 0. The molecule has 0 radical (unpaired) electrons. The minimum absolute atomic E-state index is 0.137. The Hall–Kier alpha value is -1.81. The van der Waals surface area contributed by atoms with E-state index in [1.54, 1.807) is 6.07 Å². The molecule has 2 aromatic rings. The lowest BCUT2D eigenvalue weighted by molar-refractivity contribution is 0.0920. The molecule has 19 heavy (non-hydrogen) atoms. The number of amides is 1. The van der Waals surface area contributed by atoms with Crippen LogP contribution in [0, 0.1) is 12.3 Å². The van der Waals surface area contributed by atoms with Crippen LogP contribution >= 0.6 is 0 Å². The Kier molecular flexibility index (Phi) is 2.82. The zero-order valence-corrected chi connectivity index (χ0v) is 11.0. The average Bonchev–Trinajstić information content (AvgIpc) is 3.07. The lowest BCUT2D eigenvalue weighted by Crippen LogP contribution is -2.33. The van der Waals surface area contributed by atoms with Gasteiger partial charge in [0.25, 0.3) is 5.91 Å². The second kappa shape index (κ2) is 4.38. The number of hydrogen-bond acceptors (Lipinski definition) is 3. The fourth-order valence-corrected chi connectivity index (χ4v) is 2.26. The van der Waals surface area contributed by atoms with Crippen LogP contribution in [-0.2, 0) is 0 Å². The van der Waals surface area contributed by atoms with E-state index in [-0.39, 0.29) is 11.3 Å². The molecule has 1 amide bonds. The molecule has 0 saturated heterocycles. The van der Waals surface area contributed by atoms with Gasteiger partial charge in [-0.2, -0.15) is 0 Å². The summed E-state index contributed by atoms with van der Waals surface area (Å²) in [5, 5.41) is 3.88. The van der Waals surface area contributed by atoms with Crippen LogP contribution in [0.5, 0.6) is 0 Å². The first-order chi connectivity index (χ1) is 9.12. The number of hydrogen-bond donors (Lipinski definition) is 2. The fraction of sp³-hybridized carbons (Fsp3) is 0.400. The lowest BCUT2D eigenvalue weighted by Gasteiger charge is -2.12. The van der Waals surface area contributed by atoms with Crippen molar-refractivity contribution in [1.29, 1.82) is 0 Å². The number of benzene rings is 1. The summed E-state index contributed by atoms with van der Waals surface area (Å²) in [7, 11) is 0. The molecule has 1 aromatic carbocycles. The van der Waals surface area contributed by atoms with Gasteiger partial charge in [0.05, 0.1) is 0 Å². The maximum Gasteiger partial charge on any atom is 0.287 e. The Morgan fingerprint density at radius 1 is 1.42 bits per heavy atom. The third-order valence-corrected chi connectivity index (χ3v) is 3.91. The number of aryl methyl sites for hydroxylation is 1. The fourth-order valence-electron chi connectivity index (χ4n) is 2.26. The second-order valence-corrected chi connectivity index (χ2v) is 5.54. The molecule has 4 heteroatoms. The molecular weight excluding hydrogens is 240 g/mol. The molecule has 1 fully saturated rings. The zero-order chi connectivity index (χ0) is 13.5. The van der Waals surface area contributed by atoms with Crippen molar-refractivity contribution in [2.24, 2.45) is 11.1 Å². The van der Waals surface area contributed by atoms with Crippen molar-refractivity contribution in [2.75, 3.05) is 13.1 Å². The van der Waals surface area contributed by atoms with E-state index in [0.717, 1.165) is 29.4 Å². The minimum Gasteiger partial charge on any atom is -0.451 e. The van der Waals surface area contributed by atoms with E-state index in [1.165, 1.54) is 0 Å². The molecule has 1 saturated carbocycles. The van der Waals surface area contributed by atoms with E-state index in [1.807, 2.05) is 25.1 Å². The third kappa shape index (κ3) is 2.36. The molecule has 0 spiro atoms. The van der Waals surface area contributed by atoms with Crippen LogP contribution in [0.4, 0.5) is 0 Å². The van der Waals surface area contributed by atoms with E-state index in [4.69, 9.17) is 10.2 Å². The van der Waals surface area contributed by atoms with E-state index in [2.05, 4.69) is 5.32 Å². The molecule has 0 unspecified atom stereocenters. The van der Waals surface area contributed by atoms with Crippen molar-refractivity contribution in [3.8, 4) is 0 Å². The standard InChI is InChI=1S/C15H18N2O2/c1-10-2-3-12-11(6-10)7-13(19-12)14(18)17-9-15(8-16)4-5-15/h2-3,6-7H,4-5,8-9,16H2,1H3,(H,17,18). The van der Waals surface area contributed by atoms with Crippen LogP contribution in [0.15, 0.2) is 28.7 Å². The largest absolute Gasteiger partial charge is 0.451 e. The molecule has 1 heterocycles. The van der Waals surface area contributed by atoms with Crippen molar-refractivity contribution < 1.29 is 9.21 Å². The molecule has 1 aliphatic rings. The highest BCUT2D eigenvalue weighted by molar-refractivity contribution is 5.96. The molecule has 1 aromatic heterocycles. The van der Waals surface area contributed by atoms with Gasteiger partial charge in [-0.15, -0.1) is 0 Å². The summed E-state index contributed by atoms with van der Waals surface area (Å²) < 4.78 is 5.56. The lowest BCUT2D eigenvalue weighted by atomic mass is 10.1. The maximum atomic E-state index is 12.0. The van der Waals surface area contributed by atoms with Gasteiger partial charge in [0.2, 0.25) is 0 Å². The van der Waals surface area contributed by atoms with E-state index in [9.17, 15) is 4.79 Å². The Morgan fingerprint density at radius 3 is 2.89 bits per heavy atom. The summed E-state index contributed by atoms with van der Waals surface area (Å²) in [4.78, 5) is 12.0. The van der Waals surface area contributed by atoms with Crippen molar-refractivity contribution >= 4 is 16.9 Å². The van der Waals surface area contributed by atoms with Crippen LogP contribution in [0.25, 0.3) is 11.0 Å². The minimum atomic E-state index is -0.159. The Balaban J connectivity index is 1.74. The van der Waals surface area contributed by atoms with Crippen molar-refractivity contribution in [3.05, 3.63) is 35.6 Å². The highest BCUT2D eigenvalue weighted by Gasteiger charge is 2.41. The van der Waals surface area contributed by atoms with Crippen molar-refractivity contribution in [1.82, 2.24) is 5.32 Å². The van der Waals surface area contributed by atoms with Crippen LogP contribution in [0.3, 0.4) is 0 Å². The highest BCUT2D eigenvalue weighted by atomic mass is 16.3. The number of carbonyl (C=O) groups excluding carboxylic acids is 1. The molecule has 0 aliphatic heterocycles. The monoisotopic (exact) mass is 258 g/mol. The SMILES string of the molecule is Cc1ccc2oc(C(=O)NCC3(CN)CC3)cc2c1. The summed E-state index contributed by atoms with van der Waals surface area (Å²) in [6.07, 6.45) is 2.20. The highest BCUT2D eigenvalue weighted by Crippen LogP contribution is 2.43. The van der Waals surface area contributed by atoms with Crippen LogP contribution in [0.2, 0.25) is 0 Å². The van der Waals surface area contributed by atoms with E-state index >= 15 is 0 Å². The zero-order valence-electron chi connectivity index (χ0n) is 11.0. The predicted molar refractivity (Wildman–Crippen MR) is 74.0 cm³/mol. The van der Waals surface area contributed by atoms with Gasteiger partial charge in [0.15, 0.2) is 5.76 Å². The van der Waals surface area contributed by atoms with Crippen LogP contribution in [0.1, 0.15) is 29.0 Å². The van der Waals surface area contributed by atoms with Gasteiger partial charge >= 0.3 is 0 Å². The van der Waals surface area contributed by atoms with Gasteiger partial charge in [-0.25, -0.2) is 0 Å². The second-order valence-electron chi connectivity index (χ2n) is 5.54. The molecular formula is C15H18N2O2. The predicted octanol–water partition coefficient (Wildman–Crippen LogP) is 2.21. The van der Waals surface area contributed by atoms with E-state index in [0.29, 0.717) is 18.8 Å². The number of carbonyl (C=O) groups is 1. The summed E-state index contributed by atoms with van der Waals surface area (Å²) in [6, 6.07) is 7.67. The van der Waals surface area contributed by atoms with Gasteiger partial charge in [0, 0.05) is 17.3 Å². The Morgan fingerprint density at radius 2 is 2.21 bits per heavy atom. The molecule has 100 valence electrons. The summed E-state index contributed by atoms with van der Waals surface area (Å²) in [6.45, 7) is 3.29. The molecule has 0 atom stereocenters. The Labute approximate surface area is 112 Å². The molecule has 3 N–H and O–H groups in total. The number of nitrogens with one attached hydrogen (secondary N) is 1. The van der Waals surface area contributed by atoms with Gasteiger partial charge in [-0.3, -0.25) is 4.79 Å². The average molecular weight is 258 g/mol. The summed E-state index contributed by atoms with van der Waals surface area (Å²) in [5.41, 5.74) is 7.73. The van der Waals surface area contributed by atoms with E-state index < -0.39 is 0 Å². The normalized spacial score (nSPS) is 16.5.